The monoisotopic (exact) mass is 292 g/mol. The van der Waals surface area contributed by atoms with E-state index in [1.54, 1.807) is 4.90 Å². The Hall–Kier alpha value is -2.60. The van der Waals surface area contributed by atoms with Crippen LogP contribution >= 0.6 is 0 Å². The summed E-state index contributed by atoms with van der Waals surface area (Å²) in [5.41, 5.74) is 4.80. The first-order valence-electron chi connectivity index (χ1n) is 7.28. The first kappa shape index (κ1) is 15.8. The van der Waals surface area contributed by atoms with E-state index in [2.05, 4.69) is 6.07 Å². The topological polar surface area (TPSA) is 44.1 Å². The van der Waals surface area contributed by atoms with E-state index in [0.29, 0.717) is 0 Å². The molecule has 0 saturated heterocycles. The van der Waals surface area contributed by atoms with Gasteiger partial charge in [0.2, 0.25) is 5.91 Å². The molecule has 0 aliphatic carbocycles. The Morgan fingerprint density at radius 1 is 1.09 bits per heavy atom. The molecule has 0 spiro atoms. The van der Waals surface area contributed by atoms with E-state index in [0.717, 1.165) is 27.9 Å². The molecule has 22 heavy (non-hydrogen) atoms. The molecule has 0 radical (unpaired) electrons. The Kier molecular flexibility index (Phi) is 4.62. The highest BCUT2D eigenvalue weighted by Gasteiger charge is 2.26. The fourth-order valence-corrected chi connectivity index (χ4v) is 2.94. The summed E-state index contributed by atoms with van der Waals surface area (Å²) in [4.78, 5) is 13.9. The van der Waals surface area contributed by atoms with Gasteiger partial charge in [-0.1, -0.05) is 48.0 Å². The predicted octanol–water partition coefficient (Wildman–Crippen LogP) is 4.23. The van der Waals surface area contributed by atoms with Gasteiger partial charge in [-0.3, -0.25) is 9.69 Å². The van der Waals surface area contributed by atoms with Crippen LogP contribution in [-0.2, 0) is 4.79 Å². The van der Waals surface area contributed by atoms with Crippen LogP contribution in [0.25, 0.3) is 0 Å². The summed E-state index contributed by atoms with van der Waals surface area (Å²) in [6, 6.07) is 15.1. The number of carbonyl (C=O) groups excluding carboxylic acids is 1. The molecule has 0 bridgehead atoms. The van der Waals surface area contributed by atoms with Gasteiger partial charge in [0.15, 0.2) is 0 Å². The Balaban J connectivity index is 2.61. The summed E-state index contributed by atoms with van der Waals surface area (Å²) in [6.07, 6.45) is 0. The molecule has 2 aromatic rings. The molecule has 0 aliphatic rings. The molecule has 0 heterocycles. The largest absolute Gasteiger partial charge is 0.291 e. The molecule has 2 rings (SSSR count). The van der Waals surface area contributed by atoms with Crippen LogP contribution in [0.1, 0.15) is 35.2 Å². The fraction of sp³-hybridized carbons (Fsp3) is 0.263. The third-order valence-corrected chi connectivity index (χ3v) is 3.71. The summed E-state index contributed by atoms with van der Waals surface area (Å²) in [5, 5.41) is 9.65. The molecule has 3 nitrogen and oxygen atoms in total. The van der Waals surface area contributed by atoms with Crippen molar-refractivity contribution in [1.29, 1.82) is 5.26 Å². The minimum Gasteiger partial charge on any atom is -0.291 e. The van der Waals surface area contributed by atoms with Crippen molar-refractivity contribution in [3.05, 3.63) is 64.7 Å². The lowest BCUT2D eigenvalue weighted by Gasteiger charge is -2.29. The normalized spacial score (nSPS) is 11.6. The molecule has 0 aromatic heterocycles. The average Bonchev–Trinajstić information content (AvgIpc) is 2.46. The molecule has 112 valence electrons. The molecular weight excluding hydrogens is 272 g/mol. The van der Waals surface area contributed by atoms with Crippen molar-refractivity contribution in [3.63, 3.8) is 0 Å². The van der Waals surface area contributed by atoms with Gasteiger partial charge in [0.25, 0.3) is 0 Å². The van der Waals surface area contributed by atoms with Gasteiger partial charge in [-0.15, -0.1) is 0 Å². The SMILES string of the molecule is CC(=O)N(c1c(C)cc(C)cc1C)C(C#N)c1ccccc1. The standard InChI is InChI=1S/C19H20N2O/c1-13-10-14(2)19(15(3)11-13)21(16(4)22)18(12-20)17-8-6-5-7-9-17/h5-11,18H,1-4H3. The number of hydrogen-bond donors (Lipinski definition) is 0. The van der Waals surface area contributed by atoms with Crippen LogP contribution in [-0.4, -0.2) is 5.91 Å². The zero-order valence-corrected chi connectivity index (χ0v) is 13.4. The first-order valence-corrected chi connectivity index (χ1v) is 7.28. The maximum atomic E-state index is 12.3. The van der Waals surface area contributed by atoms with Gasteiger partial charge in [0.1, 0.15) is 6.04 Å². The summed E-state index contributed by atoms with van der Waals surface area (Å²) >= 11 is 0. The van der Waals surface area contributed by atoms with Gasteiger partial charge in [-0.2, -0.15) is 5.26 Å². The molecular formula is C19H20N2O. The van der Waals surface area contributed by atoms with Crippen molar-refractivity contribution in [2.24, 2.45) is 0 Å². The summed E-state index contributed by atoms with van der Waals surface area (Å²) in [5.74, 6) is -0.134. The van der Waals surface area contributed by atoms with E-state index < -0.39 is 6.04 Å². The van der Waals surface area contributed by atoms with E-state index >= 15 is 0 Å². The minimum atomic E-state index is -0.626. The van der Waals surface area contributed by atoms with E-state index in [-0.39, 0.29) is 5.91 Å². The Labute approximate surface area is 131 Å². The molecule has 3 heteroatoms. The lowest BCUT2D eigenvalue weighted by atomic mass is 10.00. The first-order chi connectivity index (χ1) is 10.5. The minimum absolute atomic E-state index is 0.134. The van der Waals surface area contributed by atoms with Crippen LogP contribution < -0.4 is 4.90 Å². The van der Waals surface area contributed by atoms with E-state index in [9.17, 15) is 10.1 Å². The maximum absolute atomic E-state index is 12.3. The van der Waals surface area contributed by atoms with Crippen molar-refractivity contribution in [1.82, 2.24) is 0 Å². The maximum Gasteiger partial charge on any atom is 0.225 e. The number of rotatable bonds is 3. The Morgan fingerprint density at radius 3 is 2.09 bits per heavy atom. The summed E-state index contributed by atoms with van der Waals surface area (Å²) < 4.78 is 0. The van der Waals surface area contributed by atoms with Gasteiger partial charge in [0.05, 0.1) is 11.8 Å². The van der Waals surface area contributed by atoms with Gasteiger partial charge >= 0.3 is 0 Å². The number of anilines is 1. The number of nitriles is 1. The molecule has 0 aliphatic heterocycles. The second kappa shape index (κ2) is 6.44. The third kappa shape index (κ3) is 3.01. The molecule has 1 unspecified atom stereocenters. The van der Waals surface area contributed by atoms with Crippen molar-refractivity contribution in [2.75, 3.05) is 4.90 Å². The van der Waals surface area contributed by atoms with Crippen LogP contribution in [0.4, 0.5) is 5.69 Å². The van der Waals surface area contributed by atoms with Gasteiger partial charge in [-0.25, -0.2) is 0 Å². The highest BCUT2D eigenvalue weighted by molar-refractivity contribution is 5.94. The van der Waals surface area contributed by atoms with Crippen molar-refractivity contribution >= 4 is 11.6 Å². The Bertz CT molecular complexity index is 706. The highest BCUT2D eigenvalue weighted by atomic mass is 16.2. The highest BCUT2D eigenvalue weighted by Crippen LogP contribution is 2.33. The van der Waals surface area contributed by atoms with Gasteiger partial charge < -0.3 is 0 Å². The predicted molar refractivity (Wildman–Crippen MR) is 88.6 cm³/mol. The van der Waals surface area contributed by atoms with Crippen molar-refractivity contribution in [2.45, 2.75) is 33.7 Å². The zero-order valence-electron chi connectivity index (χ0n) is 13.4. The lowest BCUT2D eigenvalue weighted by Crippen LogP contribution is -2.33. The number of nitrogens with zero attached hydrogens (tertiary/aromatic N) is 2. The van der Waals surface area contributed by atoms with E-state index in [4.69, 9.17) is 0 Å². The van der Waals surface area contributed by atoms with Gasteiger partial charge in [0, 0.05) is 6.92 Å². The molecule has 2 aromatic carbocycles. The second-order valence-corrected chi connectivity index (χ2v) is 5.58. The Morgan fingerprint density at radius 2 is 1.64 bits per heavy atom. The van der Waals surface area contributed by atoms with Gasteiger partial charge in [-0.05, 0) is 37.5 Å². The number of amides is 1. The average molecular weight is 292 g/mol. The van der Waals surface area contributed by atoms with Crippen LogP contribution in [0.5, 0.6) is 0 Å². The van der Waals surface area contributed by atoms with E-state index in [1.807, 2.05) is 63.2 Å². The molecule has 0 fully saturated rings. The van der Waals surface area contributed by atoms with Crippen molar-refractivity contribution in [3.8, 4) is 6.07 Å². The number of hydrogen-bond acceptors (Lipinski definition) is 2. The summed E-state index contributed by atoms with van der Waals surface area (Å²) in [7, 11) is 0. The number of aryl methyl sites for hydroxylation is 3. The molecule has 0 saturated carbocycles. The van der Waals surface area contributed by atoms with Crippen LogP contribution in [0, 0.1) is 32.1 Å². The lowest BCUT2D eigenvalue weighted by molar-refractivity contribution is -0.116. The van der Waals surface area contributed by atoms with Crippen LogP contribution in [0.2, 0.25) is 0 Å². The molecule has 0 N–H and O–H groups in total. The summed E-state index contributed by atoms with van der Waals surface area (Å²) in [6.45, 7) is 7.49. The third-order valence-electron chi connectivity index (χ3n) is 3.71. The quantitative estimate of drug-likeness (QED) is 0.849. The number of carbonyl (C=O) groups is 1. The van der Waals surface area contributed by atoms with Crippen molar-refractivity contribution < 1.29 is 4.79 Å². The van der Waals surface area contributed by atoms with Crippen LogP contribution in [0.15, 0.2) is 42.5 Å². The van der Waals surface area contributed by atoms with Crippen LogP contribution in [0.3, 0.4) is 0 Å². The zero-order chi connectivity index (χ0) is 16.3. The number of benzene rings is 2. The molecule has 1 amide bonds. The molecule has 1 atom stereocenters. The fourth-order valence-electron chi connectivity index (χ4n) is 2.94. The smallest absolute Gasteiger partial charge is 0.225 e. The second-order valence-electron chi connectivity index (χ2n) is 5.58. The van der Waals surface area contributed by atoms with E-state index in [1.165, 1.54) is 6.92 Å².